The highest BCUT2D eigenvalue weighted by atomic mass is 16.5. The van der Waals surface area contributed by atoms with E-state index in [1.165, 1.54) is 10.9 Å². The van der Waals surface area contributed by atoms with E-state index in [0.717, 1.165) is 43.3 Å². The molecule has 2 aromatic rings. The van der Waals surface area contributed by atoms with E-state index < -0.39 is 0 Å². The number of esters is 1. The fourth-order valence-corrected chi connectivity index (χ4v) is 3.25. The lowest BCUT2D eigenvalue weighted by Crippen LogP contribution is -2.22. The second-order valence-electron chi connectivity index (χ2n) is 6.63. The first-order valence-electron chi connectivity index (χ1n) is 8.11. The molecule has 0 aliphatic heterocycles. The van der Waals surface area contributed by atoms with Crippen LogP contribution in [0.1, 0.15) is 37.4 Å². The molecule has 2 aliphatic carbocycles. The molecule has 1 heterocycles. The van der Waals surface area contributed by atoms with E-state index in [0.29, 0.717) is 12.3 Å². The molecule has 0 spiro atoms. The molecule has 1 aromatic carbocycles. The van der Waals surface area contributed by atoms with Gasteiger partial charge in [0.05, 0.1) is 23.7 Å². The molecule has 116 valence electrons. The van der Waals surface area contributed by atoms with E-state index in [2.05, 4.69) is 0 Å². The third-order valence-corrected chi connectivity index (χ3v) is 4.43. The second kappa shape index (κ2) is 5.09. The Balaban J connectivity index is 1.78. The normalized spacial score (nSPS) is 18.5. The Bertz CT molecular complexity index is 744. The molecular weight excluding hydrogens is 278 g/mol. The van der Waals surface area contributed by atoms with Crippen LogP contribution in [0.15, 0.2) is 12.1 Å². The average molecular weight is 299 g/mol. The summed E-state index contributed by atoms with van der Waals surface area (Å²) in [4.78, 5) is 11.9. The van der Waals surface area contributed by atoms with Crippen LogP contribution in [0, 0.1) is 5.92 Å². The maximum atomic E-state index is 11.9. The quantitative estimate of drug-likeness (QED) is 0.694. The lowest BCUT2D eigenvalue weighted by atomic mass is 9.94. The van der Waals surface area contributed by atoms with Gasteiger partial charge in [0.25, 0.3) is 0 Å². The van der Waals surface area contributed by atoms with Gasteiger partial charge < -0.3 is 10.5 Å². The lowest BCUT2D eigenvalue weighted by molar-refractivity contribution is -0.135. The van der Waals surface area contributed by atoms with E-state index in [4.69, 9.17) is 15.6 Å². The first kappa shape index (κ1) is 13.8. The van der Waals surface area contributed by atoms with Crippen LogP contribution in [-0.2, 0) is 24.2 Å². The molecule has 1 atom stereocenters. The van der Waals surface area contributed by atoms with E-state index in [1.54, 1.807) is 0 Å². The fourth-order valence-electron chi connectivity index (χ4n) is 3.25. The minimum Gasteiger partial charge on any atom is -0.426 e. The topological polar surface area (TPSA) is 70.1 Å². The molecule has 1 unspecified atom stereocenters. The van der Waals surface area contributed by atoms with Gasteiger partial charge in [0.15, 0.2) is 0 Å². The number of hydrogen-bond acceptors (Lipinski definition) is 4. The highest BCUT2D eigenvalue weighted by Gasteiger charge is 2.32. The Morgan fingerprint density at radius 3 is 3.00 bits per heavy atom. The molecule has 1 saturated carbocycles. The van der Waals surface area contributed by atoms with Crippen molar-refractivity contribution in [1.82, 2.24) is 9.78 Å². The molecule has 1 fully saturated rings. The first-order valence-corrected chi connectivity index (χ1v) is 8.11. The standard InChI is InChI=1S/C17H21N3O2/c1-10(18)9-20-15-8-13(22-17(21)11-5-6-11)7-12-3-2-4-14(19-20)16(12)15/h7-8,10-11H,2-6,9,18H2,1H3. The smallest absolute Gasteiger partial charge is 0.314 e. The van der Waals surface area contributed by atoms with Crippen molar-refractivity contribution in [2.45, 2.75) is 51.6 Å². The SMILES string of the molecule is CC(N)Cn1nc2c3c(cc(OC(=O)C4CC4)cc31)CCC2. The monoisotopic (exact) mass is 299 g/mol. The fraction of sp³-hybridized carbons (Fsp3) is 0.529. The summed E-state index contributed by atoms with van der Waals surface area (Å²) in [5.41, 5.74) is 9.38. The van der Waals surface area contributed by atoms with Crippen LogP contribution < -0.4 is 10.5 Å². The predicted octanol–water partition coefficient (Wildman–Crippen LogP) is 2.19. The van der Waals surface area contributed by atoms with E-state index in [-0.39, 0.29) is 17.9 Å². The van der Waals surface area contributed by atoms with Crippen molar-refractivity contribution in [3.05, 3.63) is 23.4 Å². The Morgan fingerprint density at radius 1 is 1.45 bits per heavy atom. The molecule has 2 N–H and O–H groups in total. The number of hydrogen-bond donors (Lipinski definition) is 1. The van der Waals surface area contributed by atoms with Crippen LogP contribution in [-0.4, -0.2) is 21.8 Å². The number of benzene rings is 1. The van der Waals surface area contributed by atoms with Gasteiger partial charge in [0.1, 0.15) is 5.75 Å². The molecule has 1 aromatic heterocycles. The van der Waals surface area contributed by atoms with Crippen molar-refractivity contribution in [2.75, 3.05) is 0 Å². The third-order valence-electron chi connectivity index (χ3n) is 4.43. The highest BCUT2D eigenvalue weighted by Crippen LogP contribution is 2.35. The Morgan fingerprint density at radius 2 is 2.27 bits per heavy atom. The van der Waals surface area contributed by atoms with E-state index in [9.17, 15) is 4.79 Å². The van der Waals surface area contributed by atoms with Gasteiger partial charge in [-0.25, -0.2) is 0 Å². The number of aryl methyl sites for hydroxylation is 2. The van der Waals surface area contributed by atoms with Crippen LogP contribution in [0.2, 0.25) is 0 Å². The van der Waals surface area contributed by atoms with E-state index in [1.807, 2.05) is 23.7 Å². The number of carbonyl (C=O) groups excluding carboxylic acids is 1. The van der Waals surface area contributed by atoms with Crippen molar-refractivity contribution in [2.24, 2.45) is 11.7 Å². The zero-order valence-electron chi connectivity index (χ0n) is 12.8. The lowest BCUT2D eigenvalue weighted by Gasteiger charge is -2.13. The summed E-state index contributed by atoms with van der Waals surface area (Å²) in [6.45, 7) is 2.65. The van der Waals surface area contributed by atoms with Crippen LogP contribution >= 0.6 is 0 Å². The molecule has 4 rings (SSSR count). The average Bonchev–Trinajstić information content (AvgIpc) is 3.25. The van der Waals surface area contributed by atoms with Crippen molar-refractivity contribution in [1.29, 1.82) is 0 Å². The summed E-state index contributed by atoms with van der Waals surface area (Å²) >= 11 is 0. The first-order chi connectivity index (χ1) is 10.6. The van der Waals surface area contributed by atoms with Crippen molar-refractivity contribution in [3.8, 4) is 5.75 Å². The summed E-state index contributed by atoms with van der Waals surface area (Å²) in [6, 6.07) is 4.00. The molecule has 0 bridgehead atoms. The van der Waals surface area contributed by atoms with Gasteiger partial charge in [0, 0.05) is 17.5 Å². The third kappa shape index (κ3) is 2.39. The van der Waals surface area contributed by atoms with Crippen molar-refractivity contribution < 1.29 is 9.53 Å². The Kier molecular flexibility index (Phi) is 3.18. The molecule has 0 saturated heterocycles. The minimum atomic E-state index is -0.0964. The largest absolute Gasteiger partial charge is 0.426 e. The van der Waals surface area contributed by atoms with Crippen molar-refractivity contribution >= 4 is 16.9 Å². The molecule has 2 aliphatic rings. The molecule has 0 radical (unpaired) electrons. The number of ether oxygens (including phenoxy) is 1. The Labute approximate surface area is 129 Å². The van der Waals surface area contributed by atoms with Crippen LogP contribution in [0.5, 0.6) is 5.75 Å². The molecule has 0 amide bonds. The zero-order valence-corrected chi connectivity index (χ0v) is 12.8. The number of aromatic nitrogens is 2. The van der Waals surface area contributed by atoms with Gasteiger partial charge in [-0.15, -0.1) is 0 Å². The summed E-state index contributed by atoms with van der Waals surface area (Å²) in [6.07, 6.45) is 5.04. The predicted molar refractivity (Wildman–Crippen MR) is 83.8 cm³/mol. The molecule has 22 heavy (non-hydrogen) atoms. The highest BCUT2D eigenvalue weighted by molar-refractivity contribution is 5.89. The summed E-state index contributed by atoms with van der Waals surface area (Å²) in [5.74, 6) is 0.663. The number of carbonyl (C=O) groups is 1. The summed E-state index contributed by atoms with van der Waals surface area (Å²) in [7, 11) is 0. The van der Waals surface area contributed by atoms with Gasteiger partial charge >= 0.3 is 5.97 Å². The maximum Gasteiger partial charge on any atom is 0.314 e. The van der Waals surface area contributed by atoms with Gasteiger partial charge in [-0.05, 0) is 50.7 Å². The Hall–Kier alpha value is -1.88. The maximum absolute atomic E-state index is 11.9. The molecule has 5 heteroatoms. The summed E-state index contributed by atoms with van der Waals surface area (Å²) in [5, 5.41) is 5.96. The van der Waals surface area contributed by atoms with Gasteiger partial charge in [0.2, 0.25) is 0 Å². The molecular formula is C17H21N3O2. The van der Waals surface area contributed by atoms with Crippen LogP contribution in [0.3, 0.4) is 0 Å². The van der Waals surface area contributed by atoms with Crippen LogP contribution in [0.4, 0.5) is 0 Å². The second-order valence-corrected chi connectivity index (χ2v) is 6.63. The van der Waals surface area contributed by atoms with Crippen molar-refractivity contribution in [3.63, 3.8) is 0 Å². The minimum absolute atomic E-state index is 0.0397. The van der Waals surface area contributed by atoms with Crippen LogP contribution in [0.25, 0.3) is 10.9 Å². The number of nitrogens with two attached hydrogens (primary N) is 1. The number of nitrogens with zero attached hydrogens (tertiary/aromatic N) is 2. The molecule has 5 nitrogen and oxygen atoms in total. The summed E-state index contributed by atoms with van der Waals surface area (Å²) < 4.78 is 7.54. The van der Waals surface area contributed by atoms with E-state index >= 15 is 0 Å². The van der Waals surface area contributed by atoms with Gasteiger partial charge in [-0.1, -0.05) is 0 Å². The van der Waals surface area contributed by atoms with Gasteiger partial charge in [-0.3, -0.25) is 9.48 Å². The number of rotatable bonds is 4. The van der Waals surface area contributed by atoms with Gasteiger partial charge in [-0.2, -0.15) is 5.10 Å². The zero-order chi connectivity index (χ0) is 15.3.